The first-order chi connectivity index (χ1) is 10.4. The van der Waals surface area contributed by atoms with Gasteiger partial charge in [-0.3, -0.25) is 9.48 Å². The van der Waals surface area contributed by atoms with Crippen molar-refractivity contribution < 1.29 is 18.3 Å². The number of hydrogen-bond donors (Lipinski definition) is 1. The SMILES string of the molecule is COc1ncc(CNC(=O)c2cc(C(F)F)n(C)n2)cc1Cl. The maximum Gasteiger partial charge on any atom is 0.280 e. The average Bonchev–Trinajstić information content (AvgIpc) is 2.87. The van der Waals surface area contributed by atoms with Gasteiger partial charge in [0.25, 0.3) is 12.3 Å². The zero-order chi connectivity index (χ0) is 16.3. The molecule has 2 rings (SSSR count). The van der Waals surface area contributed by atoms with Crippen molar-refractivity contribution in [2.24, 2.45) is 7.05 Å². The zero-order valence-corrected chi connectivity index (χ0v) is 12.6. The first kappa shape index (κ1) is 16.2. The third kappa shape index (κ3) is 3.51. The van der Waals surface area contributed by atoms with E-state index in [1.54, 1.807) is 6.07 Å². The van der Waals surface area contributed by atoms with Crippen molar-refractivity contribution in [2.75, 3.05) is 7.11 Å². The van der Waals surface area contributed by atoms with E-state index in [-0.39, 0.29) is 23.8 Å². The lowest BCUT2D eigenvalue weighted by Gasteiger charge is -2.06. The van der Waals surface area contributed by atoms with E-state index in [2.05, 4.69) is 15.4 Å². The van der Waals surface area contributed by atoms with E-state index in [1.807, 2.05) is 0 Å². The third-order valence-corrected chi connectivity index (χ3v) is 3.15. The van der Waals surface area contributed by atoms with Crippen LogP contribution in [0.1, 0.15) is 28.2 Å². The van der Waals surface area contributed by atoms with Crippen LogP contribution in [0.25, 0.3) is 0 Å². The van der Waals surface area contributed by atoms with Crippen LogP contribution in [0.15, 0.2) is 18.3 Å². The quantitative estimate of drug-likeness (QED) is 0.913. The molecule has 0 aliphatic rings. The summed E-state index contributed by atoms with van der Waals surface area (Å²) in [5, 5.41) is 6.62. The van der Waals surface area contributed by atoms with Gasteiger partial charge in [0, 0.05) is 19.8 Å². The summed E-state index contributed by atoms with van der Waals surface area (Å²) in [6.45, 7) is 0.135. The summed E-state index contributed by atoms with van der Waals surface area (Å²) < 4.78 is 31.2. The highest BCUT2D eigenvalue weighted by molar-refractivity contribution is 6.31. The smallest absolute Gasteiger partial charge is 0.280 e. The Morgan fingerprint density at radius 1 is 1.50 bits per heavy atom. The van der Waals surface area contributed by atoms with Gasteiger partial charge < -0.3 is 10.1 Å². The Balaban J connectivity index is 2.03. The van der Waals surface area contributed by atoms with Crippen LogP contribution >= 0.6 is 11.6 Å². The van der Waals surface area contributed by atoms with Crippen molar-refractivity contribution in [1.29, 1.82) is 0 Å². The molecule has 0 fully saturated rings. The molecule has 2 aromatic heterocycles. The van der Waals surface area contributed by atoms with Crippen molar-refractivity contribution >= 4 is 17.5 Å². The molecule has 0 aliphatic heterocycles. The molecule has 0 aliphatic carbocycles. The topological polar surface area (TPSA) is 69.0 Å². The van der Waals surface area contributed by atoms with Gasteiger partial charge in [0.15, 0.2) is 5.69 Å². The predicted octanol–water partition coefficient (Wildman–Crippen LogP) is 2.34. The Morgan fingerprint density at radius 3 is 2.77 bits per heavy atom. The first-order valence-corrected chi connectivity index (χ1v) is 6.59. The van der Waals surface area contributed by atoms with E-state index in [1.165, 1.54) is 20.4 Å². The lowest BCUT2D eigenvalue weighted by Crippen LogP contribution is -2.23. The number of ether oxygens (including phenoxy) is 1. The average molecular weight is 331 g/mol. The maximum absolute atomic E-state index is 12.6. The van der Waals surface area contributed by atoms with Gasteiger partial charge in [-0.1, -0.05) is 11.6 Å². The number of hydrogen-bond acceptors (Lipinski definition) is 4. The van der Waals surface area contributed by atoms with E-state index in [0.717, 1.165) is 10.7 Å². The van der Waals surface area contributed by atoms with E-state index in [4.69, 9.17) is 16.3 Å². The van der Waals surface area contributed by atoms with Gasteiger partial charge in [0.2, 0.25) is 5.88 Å². The van der Waals surface area contributed by atoms with Crippen LogP contribution in [-0.2, 0) is 13.6 Å². The number of halogens is 3. The third-order valence-electron chi connectivity index (χ3n) is 2.88. The molecule has 0 aromatic carbocycles. The molecule has 22 heavy (non-hydrogen) atoms. The molecule has 9 heteroatoms. The number of carbonyl (C=O) groups excluding carboxylic acids is 1. The number of aryl methyl sites for hydroxylation is 1. The van der Waals surface area contributed by atoms with Crippen LogP contribution in [0.3, 0.4) is 0 Å². The number of aromatic nitrogens is 3. The minimum Gasteiger partial charge on any atom is -0.480 e. The molecule has 0 radical (unpaired) electrons. The van der Waals surface area contributed by atoms with E-state index in [9.17, 15) is 13.6 Å². The fourth-order valence-electron chi connectivity index (χ4n) is 1.78. The van der Waals surface area contributed by atoms with Crippen molar-refractivity contribution in [2.45, 2.75) is 13.0 Å². The fraction of sp³-hybridized carbons (Fsp3) is 0.308. The number of amides is 1. The van der Waals surface area contributed by atoms with Crippen molar-refractivity contribution in [1.82, 2.24) is 20.1 Å². The summed E-state index contributed by atoms with van der Waals surface area (Å²) in [5.74, 6) is -0.280. The van der Waals surface area contributed by atoms with Crippen molar-refractivity contribution in [3.05, 3.63) is 40.3 Å². The molecular formula is C13H13ClF2N4O2. The van der Waals surface area contributed by atoms with Gasteiger partial charge in [-0.05, 0) is 17.7 Å². The number of nitrogens with zero attached hydrogens (tertiary/aromatic N) is 3. The summed E-state index contributed by atoms with van der Waals surface area (Å²) in [7, 11) is 2.79. The lowest BCUT2D eigenvalue weighted by molar-refractivity contribution is 0.0945. The molecule has 0 bridgehead atoms. The van der Waals surface area contributed by atoms with Crippen LogP contribution in [-0.4, -0.2) is 27.8 Å². The zero-order valence-electron chi connectivity index (χ0n) is 11.8. The summed E-state index contributed by atoms with van der Waals surface area (Å²) in [6, 6.07) is 2.65. The Bertz CT molecular complexity index is 691. The summed E-state index contributed by atoms with van der Waals surface area (Å²) >= 11 is 5.92. The molecule has 0 unspecified atom stereocenters. The van der Waals surface area contributed by atoms with E-state index < -0.39 is 12.3 Å². The van der Waals surface area contributed by atoms with Crippen molar-refractivity contribution in [3.63, 3.8) is 0 Å². The summed E-state index contributed by atoms with van der Waals surface area (Å²) in [4.78, 5) is 15.9. The highest BCUT2D eigenvalue weighted by Gasteiger charge is 2.18. The van der Waals surface area contributed by atoms with Gasteiger partial charge in [-0.2, -0.15) is 5.10 Å². The predicted molar refractivity (Wildman–Crippen MR) is 75.1 cm³/mol. The Labute approximate surface area is 130 Å². The molecule has 2 heterocycles. The fourth-order valence-corrected chi connectivity index (χ4v) is 2.05. The number of methoxy groups -OCH3 is 1. The van der Waals surface area contributed by atoms with E-state index >= 15 is 0 Å². The molecule has 2 aromatic rings. The summed E-state index contributed by atoms with van der Waals surface area (Å²) in [6.07, 6.45) is -1.20. The van der Waals surface area contributed by atoms with Gasteiger partial charge in [0.1, 0.15) is 10.7 Å². The second kappa shape index (κ2) is 6.69. The molecule has 0 atom stereocenters. The van der Waals surface area contributed by atoms with Crippen LogP contribution < -0.4 is 10.1 Å². The van der Waals surface area contributed by atoms with Gasteiger partial charge in [-0.15, -0.1) is 0 Å². The second-order valence-corrected chi connectivity index (χ2v) is 4.80. The molecule has 0 saturated heterocycles. The number of pyridine rings is 1. The lowest BCUT2D eigenvalue weighted by atomic mass is 10.2. The standard InChI is InChI=1S/C13H13ClF2N4O2/c1-20-10(11(15)16)4-9(19-20)12(21)17-5-7-3-8(14)13(22-2)18-6-7/h3-4,6,11H,5H2,1-2H3,(H,17,21). The molecular weight excluding hydrogens is 318 g/mol. The Morgan fingerprint density at radius 2 is 2.23 bits per heavy atom. The monoisotopic (exact) mass is 330 g/mol. The van der Waals surface area contributed by atoms with Gasteiger partial charge in [0.05, 0.1) is 7.11 Å². The molecule has 0 spiro atoms. The van der Waals surface area contributed by atoms with Crippen molar-refractivity contribution in [3.8, 4) is 5.88 Å². The van der Waals surface area contributed by atoms with E-state index in [0.29, 0.717) is 10.6 Å². The van der Waals surface area contributed by atoms with Crippen LogP contribution in [0.2, 0.25) is 5.02 Å². The molecule has 0 saturated carbocycles. The highest BCUT2D eigenvalue weighted by Crippen LogP contribution is 2.22. The molecule has 6 nitrogen and oxygen atoms in total. The van der Waals surface area contributed by atoms with Gasteiger partial charge >= 0.3 is 0 Å². The first-order valence-electron chi connectivity index (χ1n) is 6.21. The highest BCUT2D eigenvalue weighted by atomic mass is 35.5. The van der Waals surface area contributed by atoms with Crippen LogP contribution in [0, 0.1) is 0 Å². The Hall–Kier alpha value is -2.22. The van der Waals surface area contributed by atoms with Crippen LogP contribution in [0.4, 0.5) is 8.78 Å². The van der Waals surface area contributed by atoms with Crippen LogP contribution in [0.5, 0.6) is 5.88 Å². The number of rotatable bonds is 5. The largest absolute Gasteiger partial charge is 0.480 e. The number of nitrogens with one attached hydrogen (secondary N) is 1. The molecule has 1 amide bonds. The maximum atomic E-state index is 12.6. The number of alkyl halides is 2. The number of carbonyl (C=O) groups is 1. The normalized spacial score (nSPS) is 10.8. The Kier molecular flexibility index (Phi) is 4.92. The van der Waals surface area contributed by atoms with Gasteiger partial charge in [-0.25, -0.2) is 13.8 Å². The second-order valence-electron chi connectivity index (χ2n) is 4.40. The summed E-state index contributed by atoms with van der Waals surface area (Å²) in [5.41, 5.74) is 0.244. The molecule has 118 valence electrons. The minimum absolute atomic E-state index is 0.0784. The molecule has 1 N–H and O–H groups in total. The minimum atomic E-state index is -2.69.